The number of fused-ring (bicyclic) bond motifs is 2. The Morgan fingerprint density at radius 1 is 1.25 bits per heavy atom. The Morgan fingerprint density at radius 3 is 2.30 bits per heavy atom. The summed E-state index contributed by atoms with van der Waals surface area (Å²) in [6.45, 7) is 4.53. The zero-order valence-corrected chi connectivity index (χ0v) is 13.3. The molecule has 0 aromatic heterocycles. The average molecular weight is 278 g/mol. The van der Waals surface area contributed by atoms with Gasteiger partial charge in [-0.05, 0) is 62.7 Å². The number of hydrogen-bond acceptors (Lipinski definition) is 2. The van der Waals surface area contributed by atoms with Crippen molar-refractivity contribution in [2.45, 2.75) is 70.9 Å². The number of nitrogens with two attached hydrogens (primary N) is 1. The lowest BCUT2D eigenvalue weighted by atomic mass is 9.65. The summed E-state index contributed by atoms with van der Waals surface area (Å²) in [5.74, 6) is 1.81. The molecule has 3 saturated carbocycles. The highest BCUT2D eigenvalue weighted by molar-refractivity contribution is 5.79. The summed E-state index contributed by atoms with van der Waals surface area (Å²) in [6, 6.07) is 0.738. The smallest absolute Gasteiger partial charge is 0.225 e. The van der Waals surface area contributed by atoms with Crippen LogP contribution in [0.3, 0.4) is 0 Å². The normalized spacial score (nSPS) is 40.0. The molecule has 3 aliphatic carbocycles. The van der Waals surface area contributed by atoms with Gasteiger partial charge in [0.05, 0.1) is 0 Å². The molecule has 0 heterocycles. The lowest BCUT2D eigenvalue weighted by Crippen LogP contribution is -2.51. The van der Waals surface area contributed by atoms with Crippen LogP contribution >= 0.6 is 0 Å². The molecule has 0 aromatic carbocycles. The molecule has 0 spiro atoms. The van der Waals surface area contributed by atoms with E-state index in [4.69, 9.17) is 5.73 Å². The minimum Gasteiger partial charge on any atom is -0.342 e. The highest BCUT2D eigenvalue weighted by atomic mass is 16.2. The number of carbonyl (C=O) groups excluding carboxylic acids is 1. The van der Waals surface area contributed by atoms with E-state index < -0.39 is 0 Å². The Labute approximate surface area is 123 Å². The van der Waals surface area contributed by atoms with Crippen molar-refractivity contribution in [3.8, 4) is 0 Å². The molecule has 3 atom stereocenters. The third-order valence-corrected chi connectivity index (χ3v) is 6.74. The first-order valence-electron chi connectivity index (χ1n) is 8.44. The second-order valence-electron chi connectivity index (χ2n) is 7.98. The summed E-state index contributed by atoms with van der Waals surface area (Å²) in [4.78, 5) is 14.9. The van der Waals surface area contributed by atoms with Crippen LogP contribution in [0.4, 0.5) is 0 Å². The fourth-order valence-corrected chi connectivity index (χ4v) is 4.55. The molecule has 0 radical (unpaired) electrons. The molecule has 2 bridgehead atoms. The van der Waals surface area contributed by atoms with Gasteiger partial charge in [0.2, 0.25) is 5.91 Å². The van der Waals surface area contributed by atoms with E-state index in [9.17, 15) is 4.79 Å². The molecule has 3 nitrogen and oxygen atoms in total. The molecule has 0 saturated heterocycles. The molecule has 20 heavy (non-hydrogen) atoms. The largest absolute Gasteiger partial charge is 0.342 e. The van der Waals surface area contributed by atoms with Crippen LogP contribution in [0.25, 0.3) is 0 Å². The fourth-order valence-electron chi connectivity index (χ4n) is 4.55. The van der Waals surface area contributed by atoms with E-state index in [1.165, 1.54) is 32.1 Å². The van der Waals surface area contributed by atoms with Gasteiger partial charge in [0.25, 0.3) is 0 Å². The molecule has 3 aliphatic rings. The molecule has 3 rings (SSSR count). The molecule has 1 amide bonds. The van der Waals surface area contributed by atoms with Gasteiger partial charge < -0.3 is 10.6 Å². The fraction of sp³-hybridized carbons (Fsp3) is 0.941. The summed E-state index contributed by atoms with van der Waals surface area (Å²) in [5.41, 5.74) is 6.72. The molecule has 114 valence electrons. The maximum atomic E-state index is 12.8. The van der Waals surface area contributed by atoms with Crippen molar-refractivity contribution < 1.29 is 4.79 Å². The second kappa shape index (κ2) is 5.01. The summed E-state index contributed by atoms with van der Waals surface area (Å²) in [6.07, 6.45) is 8.39. The summed E-state index contributed by atoms with van der Waals surface area (Å²) in [7, 11) is 2.01. The van der Waals surface area contributed by atoms with E-state index >= 15 is 0 Å². The van der Waals surface area contributed by atoms with Crippen LogP contribution < -0.4 is 5.73 Å². The van der Waals surface area contributed by atoms with E-state index in [2.05, 4.69) is 13.8 Å². The first kappa shape index (κ1) is 14.4. The van der Waals surface area contributed by atoms with Crippen molar-refractivity contribution in [3.05, 3.63) is 0 Å². The molecule has 3 fully saturated rings. The van der Waals surface area contributed by atoms with Gasteiger partial charge >= 0.3 is 0 Å². The Kier molecular flexibility index (Phi) is 3.60. The topological polar surface area (TPSA) is 46.3 Å². The van der Waals surface area contributed by atoms with Gasteiger partial charge in [-0.25, -0.2) is 0 Å². The summed E-state index contributed by atoms with van der Waals surface area (Å²) in [5, 5.41) is 0. The third-order valence-electron chi connectivity index (χ3n) is 6.74. The van der Waals surface area contributed by atoms with Crippen molar-refractivity contribution in [1.29, 1.82) is 0 Å². The zero-order valence-electron chi connectivity index (χ0n) is 13.3. The quantitative estimate of drug-likeness (QED) is 0.863. The van der Waals surface area contributed by atoms with E-state index in [0.717, 1.165) is 12.8 Å². The van der Waals surface area contributed by atoms with Crippen LogP contribution in [-0.2, 0) is 4.79 Å². The first-order valence-corrected chi connectivity index (χ1v) is 8.44. The standard InChI is InChI=1S/C17H30N2O/c1-11(17(2)7-8-17)19(3)16(20)14-9-12-5-4-6-13(10-14)15(12)18/h11-15H,4-10,18H2,1-3H3. The average Bonchev–Trinajstić information content (AvgIpc) is 3.15. The summed E-state index contributed by atoms with van der Waals surface area (Å²) < 4.78 is 0. The maximum absolute atomic E-state index is 12.8. The van der Waals surface area contributed by atoms with E-state index in [-0.39, 0.29) is 5.92 Å². The van der Waals surface area contributed by atoms with Crippen LogP contribution in [0, 0.1) is 23.2 Å². The van der Waals surface area contributed by atoms with Crippen molar-refractivity contribution in [2.24, 2.45) is 28.9 Å². The van der Waals surface area contributed by atoms with Gasteiger partial charge in [-0.2, -0.15) is 0 Å². The Bertz CT molecular complexity index is 376. The van der Waals surface area contributed by atoms with Crippen LogP contribution in [0.2, 0.25) is 0 Å². The summed E-state index contributed by atoms with van der Waals surface area (Å²) >= 11 is 0. The number of nitrogens with zero attached hydrogens (tertiary/aromatic N) is 1. The molecular formula is C17H30N2O. The van der Waals surface area contributed by atoms with E-state index in [1.54, 1.807) is 0 Å². The third kappa shape index (κ3) is 2.38. The van der Waals surface area contributed by atoms with Gasteiger partial charge in [0.1, 0.15) is 0 Å². The second-order valence-corrected chi connectivity index (χ2v) is 7.98. The minimum absolute atomic E-state index is 0.236. The van der Waals surface area contributed by atoms with Gasteiger partial charge in [-0.15, -0.1) is 0 Å². The Hall–Kier alpha value is -0.570. The van der Waals surface area contributed by atoms with E-state index in [1.807, 2.05) is 11.9 Å². The zero-order chi connectivity index (χ0) is 14.5. The van der Waals surface area contributed by atoms with Crippen molar-refractivity contribution in [1.82, 2.24) is 4.90 Å². The molecular weight excluding hydrogens is 248 g/mol. The molecule has 2 N–H and O–H groups in total. The van der Waals surface area contributed by atoms with Crippen LogP contribution in [0.1, 0.15) is 58.8 Å². The van der Waals surface area contributed by atoms with Crippen molar-refractivity contribution in [3.63, 3.8) is 0 Å². The number of amides is 1. The van der Waals surface area contributed by atoms with Gasteiger partial charge in [-0.1, -0.05) is 13.3 Å². The van der Waals surface area contributed by atoms with Crippen LogP contribution in [0.5, 0.6) is 0 Å². The van der Waals surface area contributed by atoms with Gasteiger partial charge in [-0.3, -0.25) is 4.79 Å². The monoisotopic (exact) mass is 278 g/mol. The van der Waals surface area contributed by atoms with Crippen molar-refractivity contribution in [2.75, 3.05) is 7.05 Å². The molecule has 3 heteroatoms. The minimum atomic E-state index is 0.236. The Morgan fingerprint density at radius 2 is 1.80 bits per heavy atom. The molecule has 0 aromatic rings. The lowest BCUT2D eigenvalue weighted by Gasteiger charge is -2.45. The highest BCUT2D eigenvalue weighted by Gasteiger charge is 2.47. The van der Waals surface area contributed by atoms with Crippen molar-refractivity contribution >= 4 is 5.91 Å². The lowest BCUT2D eigenvalue weighted by molar-refractivity contribution is -0.140. The van der Waals surface area contributed by atoms with Gasteiger partial charge in [0, 0.05) is 25.0 Å². The number of hydrogen-bond donors (Lipinski definition) is 1. The first-order chi connectivity index (χ1) is 9.42. The number of carbonyl (C=O) groups is 1. The Balaban J connectivity index is 1.65. The maximum Gasteiger partial charge on any atom is 0.225 e. The predicted octanol–water partition coefficient (Wildman–Crippen LogP) is 2.79. The highest BCUT2D eigenvalue weighted by Crippen LogP contribution is 2.50. The van der Waals surface area contributed by atoms with E-state index in [0.29, 0.717) is 35.2 Å². The molecule has 0 aliphatic heterocycles. The molecule has 3 unspecified atom stereocenters. The van der Waals surface area contributed by atoms with Crippen LogP contribution in [0.15, 0.2) is 0 Å². The van der Waals surface area contributed by atoms with Gasteiger partial charge in [0.15, 0.2) is 0 Å². The SMILES string of the molecule is CC(N(C)C(=O)C1CC2CCCC(C1)C2N)C1(C)CC1. The number of rotatable bonds is 3. The predicted molar refractivity (Wildman–Crippen MR) is 81.1 cm³/mol. The van der Waals surface area contributed by atoms with Crippen LogP contribution in [-0.4, -0.2) is 29.9 Å².